The van der Waals surface area contributed by atoms with Gasteiger partial charge in [0.2, 0.25) is 5.91 Å². The summed E-state index contributed by atoms with van der Waals surface area (Å²) in [7, 11) is 0. The summed E-state index contributed by atoms with van der Waals surface area (Å²) < 4.78 is 0. The minimum atomic E-state index is -0.0408. The second kappa shape index (κ2) is 5.28. The van der Waals surface area contributed by atoms with E-state index in [1.807, 2.05) is 0 Å². The summed E-state index contributed by atoms with van der Waals surface area (Å²) in [5.41, 5.74) is 0. The molecule has 3 nitrogen and oxygen atoms in total. The second-order valence-electron chi connectivity index (χ2n) is 1.79. The maximum absolute atomic E-state index is 10.2. The van der Waals surface area contributed by atoms with Gasteiger partial charge < -0.3 is 10.1 Å². The van der Waals surface area contributed by atoms with Crippen molar-refractivity contribution in [3.63, 3.8) is 0 Å². The summed E-state index contributed by atoms with van der Waals surface area (Å²) in [4.78, 5) is 19.9. The summed E-state index contributed by atoms with van der Waals surface area (Å²) in [6.45, 7) is 2.06. The number of aldehydes is 1. The second-order valence-corrected chi connectivity index (χ2v) is 1.79. The summed E-state index contributed by atoms with van der Waals surface area (Å²) in [5, 5.41) is 2.58. The molecule has 1 amide bonds. The highest BCUT2D eigenvalue weighted by Crippen LogP contribution is 1.79. The summed E-state index contributed by atoms with van der Waals surface area (Å²) in [6.07, 6.45) is 2.12. The van der Waals surface area contributed by atoms with Crippen LogP contribution in [0.2, 0.25) is 0 Å². The molecule has 0 saturated carbocycles. The van der Waals surface area contributed by atoms with Crippen LogP contribution in [0, 0.1) is 0 Å². The number of unbranched alkanes of at least 4 members (excludes halogenated alkanes) is 1. The Morgan fingerprint density at radius 2 is 2.33 bits per heavy atom. The van der Waals surface area contributed by atoms with Crippen LogP contribution in [0.3, 0.4) is 0 Å². The molecule has 0 aliphatic rings. The van der Waals surface area contributed by atoms with Crippen LogP contribution >= 0.6 is 0 Å². The van der Waals surface area contributed by atoms with Gasteiger partial charge in [0, 0.05) is 19.9 Å². The zero-order valence-electron chi connectivity index (χ0n) is 5.52. The van der Waals surface area contributed by atoms with Gasteiger partial charge in [-0.15, -0.1) is 0 Å². The molecule has 9 heavy (non-hydrogen) atoms. The lowest BCUT2D eigenvalue weighted by Gasteiger charge is -1.96. The minimum absolute atomic E-state index is 0.0408. The largest absolute Gasteiger partial charge is 0.356 e. The van der Waals surface area contributed by atoms with E-state index >= 15 is 0 Å². The predicted octanol–water partition coefficient (Wildman–Crippen LogP) is 0.102. The van der Waals surface area contributed by atoms with E-state index in [2.05, 4.69) is 5.32 Å². The normalized spacial score (nSPS) is 8.56. The number of amides is 1. The standard InChI is InChI=1S/C6H11NO2/c1-6(9)7-4-2-3-5-8/h5H,2-4H2,1H3,(H,7,9). The van der Waals surface area contributed by atoms with Crippen LogP contribution in [-0.2, 0) is 9.59 Å². The first kappa shape index (κ1) is 8.14. The fraction of sp³-hybridized carbons (Fsp3) is 0.667. The highest BCUT2D eigenvalue weighted by atomic mass is 16.1. The molecule has 3 heteroatoms. The van der Waals surface area contributed by atoms with Gasteiger partial charge in [0.1, 0.15) is 6.29 Å². The molecule has 0 aromatic rings. The Morgan fingerprint density at radius 3 is 2.78 bits per heavy atom. The Balaban J connectivity index is 2.91. The van der Waals surface area contributed by atoms with E-state index in [1.165, 1.54) is 6.92 Å². The molecule has 0 rings (SSSR count). The molecule has 0 fully saturated rings. The van der Waals surface area contributed by atoms with E-state index in [0.717, 1.165) is 12.7 Å². The van der Waals surface area contributed by atoms with Gasteiger partial charge >= 0.3 is 0 Å². The molecular weight excluding hydrogens is 118 g/mol. The number of hydrogen-bond donors (Lipinski definition) is 1. The van der Waals surface area contributed by atoms with Crippen molar-refractivity contribution in [2.75, 3.05) is 6.54 Å². The van der Waals surface area contributed by atoms with Crippen LogP contribution in [0.1, 0.15) is 19.8 Å². The van der Waals surface area contributed by atoms with E-state index in [1.54, 1.807) is 0 Å². The predicted molar refractivity (Wildman–Crippen MR) is 34.0 cm³/mol. The van der Waals surface area contributed by atoms with E-state index < -0.39 is 0 Å². The van der Waals surface area contributed by atoms with Crippen LogP contribution in [0.5, 0.6) is 0 Å². The van der Waals surface area contributed by atoms with Gasteiger partial charge in [-0.3, -0.25) is 4.79 Å². The Kier molecular flexibility index (Phi) is 4.78. The molecule has 0 aromatic heterocycles. The smallest absolute Gasteiger partial charge is 0.216 e. The summed E-state index contributed by atoms with van der Waals surface area (Å²) in [6, 6.07) is 0. The Hall–Kier alpha value is -0.860. The topological polar surface area (TPSA) is 46.2 Å². The average molecular weight is 129 g/mol. The molecule has 1 N–H and O–H groups in total. The van der Waals surface area contributed by atoms with Gasteiger partial charge in [0.15, 0.2) is 0 Å². The van der Waals surface area contributed by atoms with Crippen molar-refractivity contribution in [3.8, 4) is 0 Å². The van der Waals surface area contributed by atoms with Crippen LogP contribution in [0.25, 0.3) is 0 Å². The first-order valence-corrected chi connectivity index (χ1v) is 2.95. The van der Waals surface area contributed by atoms with Crippen molar-refractivity contribution in [2.24, 2.45) is 0 Å². The van der Waals surface area contributed by atoms with Crippen molar-refractivity contribution in [1.29, 1.82) is 0 Å². The van der Waals surface area contributed by atoms with E-state index in [4.69, 9.17) is 0 Å². The Morgan fingerprint density at radius 1 is 1.67 bits per heavy atom. The Bertz CT molecular complexity index is 101. The Labute approximate surface area is 54.4 Å². The van der Waals surface area contributed by atoms with Gasteiger partial charge in [0.25, 0.3) is 0 Å². The average Bonchev–Trinajstić information content (AvgIpc) is 1.80. The molecule has 0 aliphatic heterocycles. The molecular formula is C6H11NO2. The number of rotatable bonds is 4. The van der Waals surface area contributed by atoms with Crippen LogP contribution in [-0.4, -0.2) is 18.7 Å². The monoisotopic (exact) mass is 129 g/mol. The molecule has 0 atom stereocenters. The van der Waals surface area contributed by atoms with Gasteiger partial charge in [-0.2, -0.15) is 0 Å². The lowest BCUT2D eigenvalue weighted by molar-refractivity contribution is -0.119. The van der Waals surface area contributed by atoms with Crippen LogP contribution in [0.4, 0.5) is 0 Å². The molecule has 0 saturated heterocycles. The fourth-order valence-corrected chi connectivity index (χ4v) is 0.450. The van der Waals surface area contributed by atoms with Crippen molar-refractivity contribution < 1.29 is 9.59 Å². The van der Waals surface area contributed by atoms with Gasteiger partial charge in [-0.1, -0.05) is 0 Å². The third-order valence-corrected chi connectivity index (χ3v) is 0.873. The number of nitrogens with one attached hydrogen (secondary N) is 1. The number of hydrogen-bond acceptors (Lipinski definition) is 2. The lowest BCUT2D eigenvalue weighted by atomic mass is 10.3. The minimum Gasteiger partial charge on any atom is -0.356 e. The van der Waals surface area contributed by atoms with Crippen molar-refractivity contribution in [1.82, 2.24) is 5.32 Å². The quantitative estimate of drug-likeness (QED) is 0.432. The van der Waals surface area contributed by atoms with E-state index in [0.29, 0.717) is 13.0 Å². The first-order valence-electron chi connectivity index (χ1n) is 2.95. The third kappa shape index (κ3) is 7.14. The summed E-state index contributed by atoms with van der Waals surface area (Å²) >= 11 is 0. The maximum Gasteiger partial charge on any atom is 0.216 e. The zero-order valence-corrected chi connectivity index (χ0v) is 5.52. The molecule has 0 radical (unpaired) electrons. The maximum atomic E-state index is 10.2. The van der Waals surface area contributed by atoms with Gasteiger partial charge in [-0.05, 0) is 6.42 Å². The van der Waals surface area contributed by atoms with Crippen LogP contribution < -0.4 is 5.32 Å². The van der Waals surface area contributed by atoms with Gasteiger partial charge in [-0.25, -0.2) is 0 Å². The summed E-state index contributed by atoms with van der Waals surface area (Å²) in [5.74, 6) is -0.0408. The van der Waals surface area contributed by atoms with Crippen molar-refractivity contribution in [2.45, 2.75) is 19.8 Å². The van der Waals surface area contributed by atoms with E-state index in [9.17, 15) is 9.59 Å². The molecule has 52 valence electrons. The molecule has 0 aromatic carbocycles. The van der Waals surface area contributed by atoms with Crippen molar-refractivity contribution >= 4 is 12.2 Å². The molecule has 0 unspecified atom stereocenters. The number of carbonyl (C=O) groups excluding carboxylic acids is 2. The lowest BCUT2D eigenvalue weighted by Crippen LogP contribution is -2.20. The van der Waals surface area contributed by atoms with Gasteiger partial charge in [0.05, 0.1) is 0 Å². The zero-order chi connectivity index (χ0) is 7.11. The van der Waals surface area contributed by atoms with Crippen LogP contribution in [0.15, 0.2) is 0 Å². The molecule has 0 spiro atoms. The van der Waals surface area contributed by atoms with E-state index in [-0.39, 0.29) is 5.91 Å². The SMILES string of the molecule is CC(=O)NCCCC=O. The first-order chi connectivity index (χ1) is 4.27. The molecule has 0 aliphatic carbocycles. The third-order valence-electron chi connectivity index (χ3n) is 0.873. The fourth-order valence-electron chi connectivity index (χ4n) is 0.450. The number of carbonyl (C=O) groups is 2. The highest BCUT2D eigenvalue weighted by Gasteiger charge is 1.87. The highest BCUT2D eigenvalue weighted by molar-refractivity contribution is 5.72. The molecule has 0 bridgehead atoms. The molecule has 0 heterocycles. The van der Waals surface area contributed by atoms with Crippen molar-refractivity contribution in [3.05, 3.63) is 0 Å².